The monoisotopic (exact) mass is 280 g/mol. The molecule has 0 saturated carbocycles. The van der Waals surface area contributed by atoms with Gasteiger partial charge in [-0.05, 0) is 30.3 Å². The van der Waals surface area contributed by atoms with Crippen LogP contribution in [0.1, 0.15) is 26.3 Å². The van der Waals surface area contributed by atoms with Crippen molar-refractivity contribution in [1.82, 2.24) is 0 Å². The van der Waals surface area contributed by atoms with Gasteiger partial charge in [0.25, 0.3) is 11.8 Å². The summed E-state index contributed by atoms with van der Waals surface area (Å²) >= 11 is 0. The third kappa shape index (κ3) is 1.98. The van der Waals surface area contributed by atoms with E-state index in [0.717, 1.165) is 11.0 Å². The standard InChI is InChI=1S/C16H9FN2O2/c1-18-9-10-6-7-11(8-14(10)17)19-15(20)12-4-2-3-5-13(12)16(19)21/h2-8H,9H2. The fourth-order valence-corrected chi connectivity index (χ4v) is 2.31. The van der Waals surface area contributed by atoms with Crippen molar-refractivity contribution in [2.75, 3.05) is 4.90 Å². The molecule has 0 aromatic heterocycles. The highest BCUT2D eigenvalue weighted by atomic mass is 19.1. The van der Waals surface area contributed by atoms with Crippen LogP contribution in [-0.2, 0) is 6.54 Å². The molecule has 0 bridgehead atoms. The van der Waals surface area contributed by atoms with Gasteiger partial charge < -0.3 is 4.85 Å². The van der Waals surface area contributed by atoms with Gasteiger partial charge in [0.1, 0.15) is 5.82 Å². The number of carbonyl (C=O) groups is 2. The molecule has 1 heterocycles. The minimum atomic E-state index is -0.597. The molecule has 1 aliphatic heterocycles. The van der Waals surface area contributed by atoms with E-state index < -0.39 is 17.6 Å². The Morgan fingerprint density at radius 2 is 1.67 bits per heavy atom. The van der Waals surface area contributed by atoms with Crippen LogP contribution in [-0.4, -0.2) is 11.8 Å². The maximum Gasteiger partial charge on any atom is 0.266 e. The largest absolute Gasteiger partial charge is 0.312 e. The van der Waals surface area contributed by atoms with E-state index in [0.29, 0.717) is 11.1 Å². The van der Waals surface area contributed by atoms with Gasteiger partial charge in [-0.3, -0.25) is 9.59 Å². The van der Waals surface area contributed by atoms with E-state index in [2.05, 4.69) is 4.85 Å². The summed E-state index contributed by atoms with van der Waals surface area (Å²) in [4.78, 5) is 28.6. The predicted octanol–water partition coefficient (Wildman–Crippen LogP) is 3.05. The van der Waals surface area contributed by atoms with Gasteiger partial charge >= 0.3 is 0 Å². The second-order valence-electron chi connectivity index (χ2n) is 4.58. The minimum Gasteiger partial charge on any atom is -0.312 e. The molecule has 3 rings (SSSR count). The van der Waals surface area contributed by atoms with E-state index in [-0.39, 0.29) is 17.8 Å². The van der Waals surface area contributed by atoms with Gasteiger partial charge in [0.2, 0.25) is 6.54 Å². The van der Waals surface area contributed by atoms with Crippen molar-refractivity contribution in [3.63, 3.8) is 0 Å². The molecule has 0 atom stereocenters. The third-order valence-electron chi connectivity index (χ3n) is 3.34. The lowest BCUT2D eigenvalue weighted by Gasteiger charge is -2.14. The molecule has 0 fully saturated rings. The molecule has 2 aromatic rings. The number of hydrogen-bond donors (Lipinski definition) is 0. The molecule has 5 heteroatoms. The Kier molecular flexibility index (Phi) is 2.99. The zero-order valence-corrected chi connectivity index (χ0v) is 10.8. The number of nitrogens with zero attached hydrogens (tertiary/aromatic N) is 2. The SMILES string of the molecule is [C-]#[N+]Cc1ccc(N2C(=O)c3ccccc3C2=O)cc1F. The van der Waals surface area contributed by atoms with Crippen molar-refractivity contribution < 1.29 is 14.0 Å². The lowest BCUT2D eigenvalue weighted by atomic mass is 10.1. The zero-order valence-electron chi connectivity index (χ0n) is 10.8. The first-order valence-electron chi connectivity index (χ1n) is 6.23. The highest BCUT2D eigenvalue weighted by Crippen LogP contribution is 2.29. The first-order chi connectivity index (χ1) is 10.1. The molecule has 0 radical (unpaired) electrons. The van der Waals surface area contributed by atoms with Gasteiger partial charge in [-0.15, -0.1) is 0 Å². The van der Waals surface area contributed by atoms with Crippen molar-refractivity contribution in [2.24, 2.45) is 0 Å². The average Bonchev–Trinajstić information content (AvgIpc) is 2.74. The molecule has 0 N–H and O–H groups in total. The van der Waals surface area contributed by atoms with E-state index in [1.165, 1.54) is 12.1 Å². The summed E-state index contributed by atoms with van der Waals surface area (Å²) in [5, 5.41) is 0. The van der Waals surface area contributed by atoms with Crippen molar-refractivity contribution in [3.05, 3.63) is 76.4 Å². The number of rotatable bonds is 2. The Balaban J connectivity index is 2.04. The smallest absolute Gasteiger partial charge is 0.266 e. The van der Waals surface area contributed by atoms with E-state index in [1.54, 1.807) is 24.3 Å². The Morgan fingerprint density at radius 3 is 2.19 bits per heavy atom. The van der Waals surface area contributed by atoms with Crippen LogP contribution < -0.4 is 4.90 Å². The summed E-state index contributed by atoms with van der Waals surface area (Å²) < 4.78 is 13.9. The minimum absolute atomic E-state index is 0.0752. The van der Waals surface area contributed by atoms with Gasteiger partial charge in [-0.25, -0.2) is 15.9 Å². The zero-order chi connectivity index (χ0) is 15.0. The number of carbonyl (C=O) groups excluding carboxylic acids is 2. The number of hydrogen-bond acceptors (Lipinski definition) is 2. The van der Waals surface area contributed by atoms with Crippen LogP contribution in [0.15, 0.2) is 42.5 Å². The molecule has 0 aliphatic carbocycles. The van der Waals surface area contributed by atoms with Crippen LogP contribution in [0.5, 0.6) is 0 Å². The van der Waals surface area contributed by atoms with Crippen LogP contribution >= 0.6 is 0 Å². The van der Waals surface area contributed by atoms with Gasteiger partial charge in [-0.2, -0.15) is 0 Å². The summed E-state index contributed by atoms with van der Waals surface area (Å²) in [7, 11) is 0. The normalized spacial score (nSPS) is 13.2. The molecule has 0 saturated heterocycles. The lowest BCUT2D eigenvalue weighted by molar-refractivity contribution is 0.0926. The second kappa shape index (κ2) is 4.84. The molecule has 0 unspecified atom stereocenters. The van der Waals surface area contributed by atoms with Gasteiger partial charge in [-0.1, -0.05) is 12.1 Å². The van der Waals surface area contributed by atoms with Crippen molar-refractivity contribution in [2.45, 2.75) is 6.54 Å². The van der Waals surface area contributed by atoms with Gasteiger partial charge in [0.05, 0.1) is 22.4 Å². The number of anilines is 1. The summed E-state index contributed by atoms with van der Waals surface area (Å²) in [6.07, 6.45) is 0. The highest BCUT2D eigenvalue weighted by Gasteiger charge is 2.36. The fourth-order valence-electron chi connectivity index (χ4n) is 2.31. The topological polar surface area (TPSA) is 41.7 Å². The number of fused-ring (bicyclic) bond motifs is 1. The average molecular weight is 280 g/mol. The molecule has 102 valence electrons. The maximum absolute atomic E-state index is 13.9. The fraction of sp³-hybridized carbons (Fsp3) is 0.0625. The Hall–Kier alpha value is -3.00. The van der Waals surface area contributed by atoms with Crippen molar-refractivity contribution in [3.8, 4) is 0 Å². The summed E-state index contributed by atoms with van der Waals surface area (Å²) in [6, 6.07) is 10.5. The number of imide groups is 1. The van der Waals surface area contributed by atoms with Crippen LogP contribution in [0.4, 0.5) is 10.1 Å². The van der Waals surface area contributed by atoms with Crippen LogP contribution in [0, 0.1) is 12.4 Å². The van der Waals surface area contributed by atoms with Gasteiger partial charge in [0, 0.05) is 0 Å². The highest BCUT2D eigenvalue weighted by molar-refractivity contribution is 6.34. The lowest BCUT2D eigenvalue weighted by Crippen LogP contribution is -2.29. The third-order valence-corrected chi connectivity index (χ3v) is 3.34. The quantitative estimate of drug-likeness (QED) is 0.626. The first-order valence-corrected chi connectivity index (χ1v) is 6.23. The molecule has 0 spiro atoms. The van der Waals surface area contributed by atoms with E-state index in [4.69, 9.17) is 6.57 Å². The number of amides is 2. The predicted molar refractivity (Wildman–Crippen MR) is 74.3 cm³/mol. The molecular formula is C16H9FN2O2. The van der Waals surface area contributed by atoms with Crippen LogP contribution in [0.25, 0.3) is 4.85 Å². The van der Waals surface area contributed by atoms with Crippen LogP contribution in [0.3, 0.4) is 0 Å². The van der Waals surface area contributed by atoms with E-state index in [1.807, 2.05) is 0 Å². The number of benzene rings is 2. The Morgan fingerprint density at radius 1 is 1.05 bits per heavy atom. The van der Waals surface area contributed by atoms with Crippen molar-refractivity contribution >= 4 is 17.5 Å². The molecule has 21 heavy (non-hydrogen) atoms. The molecule has 4 nitrogen and oxygen atoms in total. The maximum atomic E-state index is 13.9. The van der Waals surface area contributed by atoms with Crippen LogP contribution in [0.2, 0.25) is 0 Å². The Labute approximate surface area is 120 Å². The van der Waals surface area contributed by atoms with E-state index >= 15 is 0 Å². The molecule has 1 aliphatic rings. The van der Waals surface area contributed by atoms with Crippen molar-refractivity contribution in [1.29, 1.82) is 0 Å². The second-order valence-corrected chi connectivity index (χ2v) is 4.58. The summed E-state index contributed by atoms with van der Waals surface area (Å²) in [5.74, 6) is -1.53. The van der Waals surface area contributed by atoms with E-state index in [9.17, 15) is 14.0 Å². The summed E-state index contributed by atoms with van der Waals surface area (Å²) in [6.45, 7) is 6.67. The summed E-state index contributed by atoms with van der Waals surface area (Å²) in [5.41, 5.74) is 1.04. The Bertz CT molecular complexity index is 773. The molecule has 2 aromatic carbocycles. The van der Waals surface area contributed by atoms with Gasteiger partial charge in [0.15, 0.2) is 0 Å². The molecule has 2 amide bonds. The number of halogens is 1. The molecular weight excluding hydrogens is 271 g/mol. The first kappa shape index (κ1) is 13.0.